The first kappa shape index (κ1) is 22.5. The second-order valence-corrected chi connectivity index (χ2v) is 6.91. The molecule has 1 rings (SSSR count). The van der Waals surface area contributed by atoms with Crippen molar-refractivity contribution in [1.29, 1.82) is 0 Å². The van der Waals surface area contributed by atoms with E-state index in [1.54, 1.807) is 0 Å². The number of carboxylic acid groups (broad SMARTS) is 1. The number of aliphatic carboxylic acids is 1. The zero-order valence-corrected chi connectivity index (χ0v) is 16.2. The fourth-order valence-electron chi connectivity index (χ4n) is 2.52. The van der Waals surface area contributed by atoms with Gasteiger partial charge in [0.2, 0.25) is 5.91 Å². The molecule has 0 spiro atoms. The SMILES string of the molecule is CCCCOC(=O)NC(Cc1ccccc1)C(=O)NC(CC(C)C)C(=O)O. The fraction of sp³-hybridized carbons (Fsp3) is 0.550. The molecule has 0 saturated carbocycles. The number of amides is 2. The van der Waals surface area contributed by atoms with Gasteiger partial charge in [0.05, 0.1) is 6.61 Å². The van der Waals surface area contributed by atoms with Gasteiger partial charge in [-0.25, -0.2) is 9.59 Å². The smallest absolute Gasteiger partial charge is 0.407 e. The molecule has 0 fully saturated rings. The number of nitrogens with one attached hydrogen (secondary N) is 2. The van der Waals surface area contributed by atoms with Gasteiger partial charge in [-0.05, 0) is 24.3 Å². The van der Waals surface area contributed by atoms with E-state index in [1.165, 1.54) is 0 Å². The fourth-order valence-corrected chi connectivity index (χ4v) is 2.52. The third-order valence-electron chi connectivity index (χ3n) is 3.94. The number of rotatable bonds is 11. The van der Waals surface area contributed by atoms with Gasteiger partial charge in [-0.1, -0.05) is 57.5 Å². The van der Waals surface area contributed by atoms with Crippen LogP contribution >= 0.6 is 0 Å². The minimum atomic E-state index is -1.10. The van der Waals surface area contributed by atoms with E-state index in [4.69, 9.17) is 4.74 Å². The molecule has 7 nitrogen and oxygen atoms in total. The van der Waals surface area contributed by atoms with Gasteiger partial charge >= 0.3 is 12.1 Å². The van der Waals surface area contributed by atoms with Gasteiger partial charge in [-0.3, -0.25) is 4.79 Å². The van der Waals surface area contributed by atoms with Gasteiger partial charge < -0.3 is 20.5 Å². The van der Waals surface area contributed by atoms with Crippen molar-refractivity contribution in [3.8, 4) is 0 Å². The van der Waals surface area contributed by atoms with Crippen molar-refractivity contribution in [2.24, 2.45) is 5.92 Å². The van der Waals surface area contributed by atoms with Crippen LogP contribution in [0.4, 0.5) is 4.79 Å². The van der Waals surface area contributed by atoms with E-state index in [0.29, 0.717) is 6.42 Å². The lowest BCUT2D eigenvalue weighted by Crippen LogP contribution is -2.52. The normalized spacial score (nSPS) is 12.9. The van der Waals surface area contributed by atoms with Gasteiger partial charge in [-0.2, -0.15) is 0 Å². The van der Waals surface area contributed by atoms with Crippen LogP contribution in [-0.4, -0.2) is 41.8 Å². The number of unbranched alkanes of at least 4 members (excludes halogenated alkanes) is 1. The molecule has 2 amide bonds. The van der Waals surface area contributed by atoms with Gasteiger partial charge in [0, 0.05) is 6.42 Å². The summed E-state index contributed by atoms with van der Waals surface area (Å²) in [5, 5.41) is 14.4. The molecule has 0 aliphatic carbocycles. The highest BCUT2D eigenvalue weighted by atomic mass is 16.5. The Hall–Kier alpha value is -2.57. The Labute approximate surface area is 160 Å². The highest BCUT2D eigenvalue weighted by Gasteiger charge is 2.27. The van der Waals surface area contributed by atoms with Crippen molar-refractivity contribution in [2.75, 3.05) is 6.61 Å². The number of hydrogen-bond acceptors (Lipinski definition) is 4. The van der Waals surface area contributed by atoms with Gasteiger partial charge in [0.1, 0.15) is 12.1 Å². The maximum absolute atomic E-state index is 12.7. The molecule has 0 aliphatic heterocycles. The summed E-state index contributed by atoms with van der Waals surface area (Å²) in [5.74, 6) is -1.54. The van der Waals surface area contributed by atoms with E-state index in [0.717, 1.165) is 18.4 Å². The van der Waals surface area contributed by atoms with E-state index < -0.39 is 30.1 Å². The summed E-state index contributed by atoms with van der Waals surface area (Å²) in [7, 11) is 0. The highest BCUT2D eigenvalue weighted by molar-refractivity contribution is 5.89. The number of ether oxygens (including phenoxy) is 1. The lowest BCUT2D eigenvalue weighted by atomic mass is 10.0. The molecule has 2 unspecified atom stereocenters. The maximum Gasteiger partial charge on any atom is 0.407 e. The summed E-state index contributed by atoms with van der Waals surface area (Å²) in [5.41, 5.74) is 0.849. The summed E-state index contributed by atoms with van der Waals surface area (Å²) in [6.07, 6.45) is 1.48. The molecule has 0 heterocycles. The van der Waals surface area contributed by atoms with Crippen molar-refractivity contribution in [3.63, 3.8) is 0 Å². The van der Waals surface area contributed by atoms with E-state index in [9.17, 15) is 19.5 Å². The van der Waals surface area contributed by atoms with Crippen LogP contribution in [-0.2, 0) is 20.7 Å². The lowest BCUT2D eigenvalue weighted by molar-refractivity contribution is -0.142. The van der Waals surface area contributed by atoms with Crippen LogP contribution in [0.5, 0.6) is 0 Å². The third kappa shape index (κ3) is 9.08. The van der Waals surface area contributed by atoms with Crippen LogP contribution in [0, 0.1) is 5.92 Å². The minimum Gasteiger partial charge on any atom is -0.480 e. The van der Waals surface area contributed by atoms with Gasteiger partial charge in [0.15, 0.2) is 0 Å². The predicted molar refractivity (Wildman–Crippen MR) is 102 cm³/mol. The first-order valence-corrected chi connectivity index (χ1v) is 9.33. The highest BCUT2D eigenvalue weighted by Crippen LogP contribution is 2.08. The molecule has 0 aromatic heterocycles. The van der Waals surface area contributed by atoms with Crippen molar-refractivity contribution in [1.82, 2.24) is 10.6 Å². The average molecular weight is 378 g/mol. The Kier molecular flexibility index (Phi) is 9.93. The van der Waals surface area contributed by atoms with Crippen molar-refractivity contribution in [2.45, 2.75) is 58.5 Å². The summed E-state index contributed by atoms with van der Waals surface area (Å²) in [4.78, 5) is 36.1. The Balaban J connectivity index is 2.82. The topological polar surface area (TPSA) is 105 Å². The van der Waals surface area contributed by atoms with Crippen molar-refractivity contribution < 1.29 is 24.2 Å². The summed E-state index contributed by atoms with van der Waals surface area (Å²) >= 11 is 0. The maximum atomic E-state index is 12.7. The van der Waals surface area contributed by atoms with Crippen LogP contribution in [0.25, 0.3) is 0 Å². The molecular weight excluding hydrogens is 348 g/mol. The number of hydrogen-bond donors (Lipinski definition) is 3. The molecule has 1 aromatic rings. The van der Waals surface area contributed by atoms with E-state index in [1.807, 2.05) is 51.1 Å². The predicted octanol–water partition coefficient (Wildman–Crippen LogP) is 2.74. The number of carbonyl (C=O) groups is 3. The molecule has 0 aliphatic rings. The number of carboxylic acids is 1. The van der Waals surface area contributed by atoms with Crippen LogP contribution in [0.1, 0.15) is 45.6 Å². The van der Waals surface area contributed by atoms with Gasteiger partial charge in [0.25, 0.3) is 0 Å². The van der Waals surface area contributed by atoms with Crippen LogP contribution in [0.2, 0.25) is 0 Å². The van der Waals surface area contributed by atoms with Crippen LogP contribution in [0.3, 0.4) is 0 Å². The molecule has 150 valence electrons. The number of carbonyl (C=O) groups excluding carboxylic acids is 2. The molecular formula is C20H30N2O5. The molecule has 1 aromatic carbocycles. The van der Waals surface area contributed by atoms with E-state index in [2.05, 4.69) is 10.6 Å². The summed E-state index contributed by atoms with van der Waals surface area (Å²) < 4.78 is 5.07. The zero-order valence-electron chi connectivity index (χ0n) is 16.2. The molecule has 3 N–H and O–H groups in total. The minimum absolute atomic E-state index is 0.103. The standard InChI is InChI=1S/C20H30N2O5/c1-4-5-11-27-20(26)22-16(13-15-9-7-6-8-10-15)18(23)21-17(19(24)25)12-14(2)3/h6-10,14,16-17H,4-5,11-13H2,1-3H3,(H,21,23)(H,22,26)(H,24,25). The molecule has 27 heavy (non-hydrogen) atoms. The molecule has 0 saturated heterocycles. The summed E-state index contributed by atoms with van der Waals surface area (Å²) in [6.45, 7) is 6.01. The second-order valence-electron chi connectivity index (χ2n) is 6.91. The number of alkyl carbamates (subject to hydrolysis) is 1. The second kappa shape index (κ2) is 11.9. The summed E-state index contributed by atoms with van der Waals surface area (Å²) in [6, 6.07) is 7.28. The van der Waals surface area contributed by atoms with E-state index >= 15 is 0 Å². The van der Waals surface area contributed by atoms with Crippen LogP contribution < -0.4 is 10.6 Å². The number of benzene rings is 1. The Morgan fingerprint density at radius 3 is 2.30 bits per heavy atom. The van der Waals surface area contributed by atoms with Gasteiger partial charge in [-0.15, -0.1) is 0 Å². The first-order chi connectivity index (χ1) is 12.8. The Morgan fingerprint density at radius 2 is 1.74 bits per heavy atom. The molecule has 0 radical (unpaired) electrons. The first-order valence-electron chi connectivity index (χ1n) is 9.33. The third-order valence-corrected chi connectivity index (χ3v) is 3.94. The Morgan fingerprint density at radius 1 is 1.07 bits per heavy atom. The Bertz CT molecular complexity index is 604. The van der Waals surface area contributed by atoms with Crippen LogP contribution in [0.15, 0.2) is 30.3 Å². The lowest BCUT2D eigenvalue weighted by Gasteiger charge is -2.22. The molecule has 2 atom stereocenters. The molecule has 7 heteroatoms. The molecule has 0 bridgehead atoms. The average Bonchev–Trinajstić information content (AvgIpc) is 2.61. The largest absolute Gasteiger partial charge is 0.480 e. The van der Waals surface area contributed by atoms with Crippen molar-refractivity contribution in [3.05, 3.63) is 35.9 Å². The zero-order chi connectivity index (χ0) is 20.2. The van der Waals surface area contributed by atoms with E-state index in [-0.39, 0.29) is 18.9 Å². The quantitative estimate of drug-likeness (QED) is 0.514. The van der Waals surface area contributed by atoms with Crippen molar-refractivity contribution >= 4 is 18.0 Å². The monoisotopic (exact) mass is 378 g/mol.